The zero-order valence-corrected chi connectivity index (χ0v) is 13.0. The van der Waals surface area contributed by atoms with Crippen molar-refractivity contribution in [2.45, 2.75) is 58.3 Å². The molecule has 0 saturated heterocycles. The number of nitrogens with zero attached hydrogens (tertiary/aromatic N) is 1. The van der Waals surface area contributed by atoms with Crippen molar-refractivity contribution in [3.63, 3.8) is 0 Å². The fourth-order valence-electron chi connectivity index (χ4n) is 2.01. The highest BCUT2D eigenvalue weighted by molar-refractivity contribution is 5.80. The van der Waals surface area contributed by atoms with Crippen LogP contribution >= 0.6 is 0 Å². The maximum Gasteiger partial charge on any atom is 0.335 e. The van der Waals surface area contributed by atoms with Crippen molar-refractivity contribution in [2.75, 3.05) is 0 Å². The SMILES string of the molecule is CCCCCCCCCC(=O)O/N=C/c1ccc(F)c(F)c1. The predicted octanol–water partition coefficient (Wildman–Crippen LogP) is 4.98. The van der Waals surface area contributed by atoms with Gasteiger partial charge in [-0.05, 0) is 24.1 Å². The van der Waals surface area contributed by atoms with Crippen molar-refractivity contribution in [2.24, 2.45) is 5.16 Å². The predicted molar refractivity (Wildman–Crippen MR) is 82.7 cm³/mol. The molecule has 0 aliphatic carbocycles. The average Bonchev–Trinajstić information content (AvgIpc) is 2.50. The number of halogens is 2. The molecule has 0 spiro atoms. The summed E-state index contributed by atoms with van der Waals surface area (Å²) in [7, 11) is 0. The first kappa shape index (κ1) is 18.3. The molecule has 0 unspecified atom stereocenters. The van der Waals surface area contributed by atoms with E-state index in [0.29, 0.717) is 12.0 Å². The van der Waals surface area contributed by atoms with E-state index in [4.69, 9.17) is 0 Å². The lowest BCUT2D eigenvalue weighted by molar-refractivity contribution is -0.143. The minimum atomic E-state index is -0.960. The number of rotatable bonds is 10. The van der Waals surface area contributed by atoms with E-state index in [9.17, 15) is 13.6 Å². The van der Waals surface area contributed by atoms with Gasteiger partial charge in [0, 0.05) is 6.42 Å². The summed E-state index contributed by atoms with van der Waals surface area (Å²) in [5, 5.41) is 3.49. The second kappa shape index (κ2) is 10.9. The Labute approximate surface area is 130 Å². The molecule has 122 valence electrons. The molecule has 0 N–H and O–H groups in total. The van der Waals surface area contributed by atoms with Gasteiger partial charge >= 0.3 is 5.97 Å². The number of benzene rings is 1. The molecular formula is C17H23F2NO2. The van der Waals surface area contributed by atoms with Gasteiger partial charge < -0.3 is 4.84 Å². The summed E-state index contributed by atoms with van der Waals surface area (Å²) in [5.41, 5.74) is 0.336. The Morgan fingerprint density at radius 3 is 2.45 bits per heavy atom. The molecule has 0 heterocycles. The minimum absolute atomic E-state index is 0.322. The van der Waals surface area contributed by atoms with Crippen LogP contribution in [0.4, 0.5) is 8.78 Å². The summed E-state index contributed by atoms with van der Waals surface area (Å²) in [6, 6.07) is 3.34. The van der Waals surface area contributed by atoms with Crippen LogP contribution in [0.15, 0.2) is 23.4 Å². The lowest BCUT2D eigenvalue weighted by atomic mass is 10.1. The number of carbonyl (C=O) groups excluding carboxylic acids is 1. The second-order valence-corrected chi connectivity index (χ2v) is 5.24. The van der Waals surface area contributed by atoms with Gasteiger partial charge in [0.1, 0.15) is 0 Å². The first-order chi connectivity index (χ1) is 10.6. The van der Waals surface area contributed by atoms with Crippen molar-refractivity contribution in [3.8, 4) is 0 Å². The van der Waals surface area contributed by atoms with Crippen LogP contribution in [-0.4, -0.2) is 12.2 Å². The van der Waals surface area contributed by atoms with Gasteiger partial charge in [-0.1, -0.05) is 56.7 Å². The monoisotopic (exact) mass is 311 g/mol. The Kier molecular flexibility index (Phi) is 9.03. The van der Waals surface area contributed by atoms with Gasteiger partial charge in [0.2, 0.25) is 0 Å². The Bertz CT molecular complexity index is 490. The molecule has 0 saturated carbocycles. The van der Waals surface area contributed by atoms with Gasteiger partial charge in [0.05, 0.1) is 6.21 Å². The Balaban J connectivity index is 2.14. The van der Waals surface area contributed by atoms with Crippen molar-refractivity contribution in [1.29, 1.82) is 0 Å². The van der Waals surface area contributed by atoms with E-state index in [1.54, 1.807) is 0 Å². The van der Waals surface area contributed by atoms with E-state index in [1.165, 1.54) is 38.0 Å². The Morgan fingerprint density at radius 1 is 1.09 bits per heavy atom. The highest BCUT2D eigenvalue weighted by Crippen LogP contribution is 2.09. The lowest BCUT2D eigenvalue weighted by Crippen LogP contribution is -2.00. The third-order valence-electron chi connectivity index (χ3n) is 3.28. The first-order valence-electron chi connectivity index (χ1n) is 7.81. The van der Waals surface area contributed by atoms with Gasteiger partial charge in [0.25, 0.3) is 0 Å². The van der Waals surface area contributed by atoms with E-state index in [0.717, 1.165) is 31.4 Å². The van der Waals surface area contributed by atoms with Gasteiger partial charge in [-0.2, -0.15) is 0 Å². The molecule has 3 nitrogen and oxygen atoms in total. The topological polar surface area (TPSA) is 38.7 Å². The highest BCUT2D eigenvalue weighted by Gasteiger charge is 2.03. The van der Waals surface area contributed by atoms with Crippen LogP contribution in [0, 0.1) is 11.6 Å². The third kappa shape index (κ3) is 7.86. The normalized spacial score (nSPS) is 11.0. The molecule has 0 bridgehead atoms. The van der Waals surface area contributed by atoms with Crippen LogP contribution in [-0.2, 0) is 9.63 Å². The third-order valence-corrected chi connectivity index (χ3v) is 3.28. The van der Waals surface area contributed by atoms with Gasteiger partial charge in [-0.3, -0.25) is 0 Å². The van der Waals surface area contributed by atoms with Crippen LogP contribution in [0.5, 0.6) is 0 Å². The van der Waals surface area contributed by atoms with Crippen LogP contribution in [0.2, 0.25) is 0 Å². The van der Waals surface area contributed by atoms with E-state index in [-0.39, 0.29) is 0 Å². The lowest BCUT2D eigenvalue weighted by Gasteiger charge is -2.00. The average molecular weight is 311 g/mol. The number of hydrogen-bond donors (Lipinski definition) is 0. The molecule has 22 heavy (non-hydrogen) atoms. The highest BCUT2D eigenvalue weighted by atomic mass is 19.2. The summed E-state index contributed by atoms with van der Waals surface area (Å²) in [5.74, 6) is -2.29. The second-order valence-electron chi connectivity index (χ2n) is 5.24. The maximum atomic E-state index is 12.9. The molecule has 1 aromatic rings. The maximum absolute atomic E-state index is 12.9. The number of unbranched alkanes of at least 4 members (excludes halogenated alkanes) is 6. The molecule has 0 radical (unpaired) electrons. The molecular weight excluding hydrogens is 288 g/mol. The molecule has 1 aromatic carbocycles. The summed E-state index contributed by atoms with van der Waals surface area (Å²) in [4.78, 5) is 16.1. The van der Waals surface area contributed by atoms with Gasteiger partial charge in [-0.25, -0.2) is 13.6 Å². The summed E-state index contributed by atoms with van der Waals surface area (Å²) < 4.78 is 25.7. The Hall–Kier alpha value is -1.78. The fourth-order valence-corrected chi connectivity index (χ4v) is 2.01. The van der Waals surface area contributed by atoms with E-state index in [2.05, 4.69) is 16.9 Å². The van der Waals surface area contributed by atoms with Crippen LogP contribution in [0.1, 0.15) is 63.9 Å². The van der Waals surface area contributed by atoms with Gasteiger partial charge in [-0.15, -0.1) is 0 Å². The molecule has 0 aliphatic heterocycles. The molecule has 0 atom stereocenters. The van der Waals surface area contributed by atoms with Crippen LogP contribution < -0.4 is 0 Å². The first-order valence-corrected chi connectivity index (χ1v) is 7.81. The van der Waals surface area contributed by atoms with Crippen molar-refractivity contribution >= 4 is 12.2 Å². The summed E-state index contributed by atoms with van der Waals surface area (Å²) in [6.07, 6.45) is 9.37. The largest absolute Gasteiger partial charge is 0.335 e. The van der Waals surface area contributed by atoms with Gasteiger partial charge in [0.15, 0.2) is 11.6 Å². The van der Waals surface area contributed by atoms with E-state index >= 15 is 0 Å². The minimum Gasteiger partial charge on any atom is -0.318 e. The molecule has 0 aliphatic rings. The quantitative estimate of drug-likeness (QED) is 0.264. The summed E-state index contributed by atoms with van der Waals surface area (Å²) in [6.45, 7) is 2.18. The number of oxime groups is 1. The van der Waals surface area contributed by atoms with Crippen molar-refractivity contribution < 1.29 is 18.4 Å². The Morgan fingerprint density at radius 2 is 1.77 bits per heavy atom. The smallest absolute Gasteiger partial charge is 0.318 e. The number of carbonyl (C=O) groups is 1. The van der Waals surface area contributed by atoms with E-state index in [1.807, 2.05) is 0 Å². The van der Waals surface area contributed by atoms with E-state index < -0.39 is 17.6 Å². The fraction of sp³-hybridized carbons (Fsp3) is 0.529. The van der Waals surface area contributed by atoms with Crippen molar-refractivity contribution in [3.05, 3.63) is 35.4 Å². The molecule has 0 amide bonds. The zero-order chi connectivity index (χ0) is 16.2. The van der Waals surface area contributed by atoms with Crippen LogP contribution in [0.25, 0.3) is 0 Å². The molecule has 0 fully saturated rings. The molecule has 1 rings (SSSR count). The standard InChI is InChI=1S/C17H23F2NO2/c1-2-3-4-5-6-7-8-9-17(21)22-20-13-14-10-11-15(18)16(19)12-14/h10-13H,2-9H2,1H3/b20-13+. The zero-order valence-electron chi connectivity index (χ0n) is 13.0. The molecule has 5 heteroatoms. The molecule has 0 aromatic heterocycles. The summed E-state index contributed by atoms with van der Waals surface area (Å²) >= 11 is 0. The van der Waals surface area contributed by atoms with Crippen molar-refractivity contribution in [1.82, 2.24) is 0 Å². The van der Waals surface area contributed by atoms with Crippen LogP contribution in [0.3, 0.4) is 0 Å². The number of hydrogen-bond acceptors (Lipinski definition) is 3.